The third-order valence-electron chi connectivity index (χ3n) is 2.88. The fourth-order valence-electron chi connectivity index (χ4n) is 1.76. The van der Waals surface area contributed by atoms with Crippen molar-refractivity contribution in [2.75, 3.05) is 0 Å². The molecule has 0 fully saturated rings. The molecule has 2 heteroatoms. The Hall–Kier alpha value is -0.890. The second-order valence-electron chi connectivity index (χ2n) is 4.37. The van der Waals surface area contributed by atoms with E-state index in [9.17, 15) is 5.11 Å². The molecule has 0 aliphatic heterocycles. The zero-order valence-corrected chi connectivity index (χ0v) is 10.4. The predicted molar refractivity (Wildman–Crippen MR) is 67.5 cm³/mol. The van der Waals surface area contributed by atoms with Gasteiger partial charge in [0.15, 0.2) is 0 Å². The highest BCUT2D eigenvalue weighted by atomic mass is 16.3. The maximum Gasteiger partial charge on any atom is 0.0595 e. The van der Waals surface area contributed by atoms with Crippen molar-refractivity contribution in [2.45, 2.75) is 58.5 Å². The number of aliphatic hydroxyl groups excluding tert-OH is 1. The molecule has 1 unspecified atom stereocenters. The minimum atomic E-state index is -0.230. The maximum atomic E-state index is 9.82. The van der Waals surface area contributed by atoms with E-state index >= 15 is 0 Å². The quantitative estimate of drug-likeness (QED) is 0.718. The summed E-state index contributed by atoms with van der Waals surface area (Å²) in [4.78, 5) is 4.36. The lowest BCUT2D eigenvalue weighted by Gasteiger charge is -2.09. The van der Waals surface area contributed by atoms with Crippen molar-refractivity contribution in [2.24, 2.45) is 0 Å². The van der Waals surface area contributed by atoms with Gasteiger partial charge in [-0.2, -0.15) is 0 Å². The molecule has 0 aliphatic carbocycles. The summed E-state index contributed by atoms with van der Waals surface area (Å²) in [6.45, 7) is 4.30. The van der Waals surface area contributed by atoms with Gasteiger partial charge in [-0.15, -0.1) is 0 Å². The highest BCUT2D eigenvalue weighted by Crippen LogP contribution is 2.09. The van der Waals surface area contributed by atoms with Crippen molar-refractivity contribution < 1.29 is 5.11 Å². The maximum absolute atomic E-state index is 9.82. The van der Waals surface area contributed by atoms with Gasteiger partial charge >= 0.3 is 0 Å². The van der Waals surface area contributed by atoms with Crippen LogP contribution in [0.15, 0.2) is 18.3 Å². The smallest absolute Gasteiger partial charge is 0.0595 e. The molecule has 0 bridgehead atoms. The van der Waals surface area contributed by atoms with Gasteiger partial charge in [-0.05, 0) is 24.5 Å². The first kappa shape index (κ1) is 13.2. The van der Waals surface area contributed by atoms with Gasteiger partial charge in [0.05, 0.1) is 6.10 Å². The molecule has 0 aromatic carbocycles. The van der Waals surface area contributed by atoms with Crippen molar-refractivity contribution in [1.82, 2.24) is 4.98 Å². The molecule has 1 aromatic heterocycles. The Bertz CT molecular complexity index is 281. The van der Waals surface area contributed by atoms with Crippen LogP contribution < -0.4 is 0 Å². The van der Waals surface area contributed by atoms with Gasteiger partial charge in [0.2, 0.25) is 0 Å². The number of aryl methyl sites for hydroxylation is 1. The third kappa shape index (κ3) is 4.75. The van der Waals surface area contributed by atoms with Crippen LogP contribution in [0, 0.1) is 0 Å². The summed E-state index contributed by atoms with van der Waals surface area (Å²) in [7, 11) is 0. The van der Waals surface area contributed by atoms with Crippen LogP contribution in [0.2, 0.25) is 0 Å². The molecule has 0 amide bonds. The normalized spacial score (nSPS) is 12.7. The molecule has 16 heavy (non-hydrogen) atoms. The predicted octanol–water partition coefficient (Wildman–Crippen LogP) is 3.13. The number of rotatable bonds is 7. The van der Waals surface area contributed by atoms with E-state index in [0.717, 1.165) is 25.0 Å². The lowest BCUT2D eigenvalue weighted by atomic mass is 10.1. The van der Waals surface area contributed by atoms with Crippen molar-refractivity contribution in [3.8, 4) is 0 Å². The highest BCUT2D eigenvalue weighted by molar-refractivity contribution is 5.14. The lowest BCUT2D eigenvalue weighted by molar-refractivity contribution is 0.160. The Balaban J connectivity index is 2.34. The molecule has 1 rings (SSSR count). The van der Waals surface area contributed by atoms with Crippen LogP contribution in [0.3, 0.4) is 0 Å². The van der Waals surface area contributed by atoms with Crippen LogP contribution in [-0.2, 0) is 12.8 Å². The summed E-state index contributed by atoms with van der Waals surface area (Å²) < 4.78 is 0. The minimum Gasteiger partial charge on any atom is -0.393 e. The highest BCUT2D eigenvalue weighted by Gasteiger charge is 2.06. The van der Waals surface area contributed by atoms with E-state index in [0.29, 0.717) is 6.42 Å². The van der Waals surface area contributed by atoms with Crippen molar-refractivity contribution in [3.05, 3.63) is 29.6 Å². The zero-order chi connectivity index (χ0) is 11.8. The van der Waals surface area contributed by atoms with E-state index in [-0.39, 0.29) is 6.10 Å². The first-order valence-electron chi connectivity index (χ1n) is 6.38. The molecule has 0 spiro atoms. The molecule has 1 heterocycles. The van der Waals surface area contributed by atoms with Crippen LogP contribution in [-0.4, -0.2) is 16.2 Å². The molecule has 0 radical (unpaired) electrons. The summed E-state index contributed by atoms with van der Waals surface area (Å²) in [5.74, 6) is 0. The molecule has 1 N–H and O–H groups in total. The van der Waals surface area contributed by atoms with Crippen molar-refractivity contribution >= 4 is 0 Å². The fraction of sp³-hybridized carbons (Fsp3) is 0.643. The van der Waals surface area contributed by atoms with E-state index < -0.39 is 0 Å². The molecule has 0 saturated carbocycles. The Morgan fingerprint density at radius 3 is 2.62 bits per heavy atom. The molecule has 1 atom stereocenters. The van der Waals surface area contributed by atoms with E-state index in [4.69, 9.17) is 0 Å². The number of pyridine rings is 1. The van der Waals surface area contributed by atoms with Crippen LogP contribution >= 0.6 is 0 Å². The monoisotopic (exact) mass is 221 g/mol. The summed E-state index contributed by atoms with van der Waals surface area (Å²) in [6.07, 6.45) is 7.81. The molecule has 0 aliphatic rings. The zero-order valence-electron chi connectivity index (χ0n) is 10.4. The number of nitrogens with zero attached hydrogens (tertiary/aromatic N) is 1. The molecule has 90 valence electrons. The van der Waals surface area contributed by atoms with E-state index in [2.05, 4.69) is 24.9 Å². The Morgan fingerprint density at radius 1 is 1.25 bits per heavy atom. The number of aliphatic hydroxyl groups is 1. The van der Waals surface area contributed by atoms with Gasteiger partial charge in [-0.3, -0.25) is 4.98 Å². The lowest BCUT2D eigenvalue weighted by Crippen LogP contribution is -2.11. The Morgan fingerprint density at radius 2 is 2.06 bits per heavy atom. The van der Waals surface area contributed by atoms with Crippen molar-refractivity contribution in [3.63, 3.8) is 0 Å². The van der Waals surface area contributed by atoms with E-state index in [1.807, 2.05) is 12.3 Å². The van der Waals surface area contributed by atoms with Gasteiger partial charge in [-0.1, -0.05) is 39.2 Å². The average molecular weight is 221 g/mol. The van der Waals surface area contributed by atoms with Crippen LogP contribution in [0.1, 0.15) is 50.8 Å². The second-order valence-corrected chi connectivity index (χ2v) is 4.37. The topological polar surface area (TPSA) is 33.1 Å². The SMILES string of the molecule is CCCCCC(O)Cc1ccc(CC)cn1. The van der Waals surface area contributed by atoms with Gasteiger partial charge in [-0.25, -0.2) is 0 Å². The van der Waals surface area contributed by atoms with Gasteiger partial charge in [0, 0.05) is 18.3 Å². The Labute approximate surface area is 98.7 Å². The first-order chi connectivity index (χ1) is 7.76. The molecular formula is C14H23NO. The summed E-state index contributed by atoms with van der Waals surface area (Å²) in [6, 6.07) is 4.13. The van der Waals surface area contributed by atoms with E-state index in [1.54, 1.807) is 0 Å². The van der Waals surface area contributed by atoms with Crippen LogP contribution in [0.4, 0.5) is 0 Å². The van der Waals surface area contributed by atoms with Crippen molar-refractivity contribution in [1.29, 1.82) is 0 Å². The molecule has 0 saturated heterocycles. The number of hydrogen-bond acceptors (Lipinski definition) is 2. The summed E-state index contributed by atoms with van der Waals surface area (Å²) in [5, 5.41) is 9.82. The molecular weight excluding hydrogens is 198 g/mol. The fourth-order valence-corrected chi connectivity index (χ4v) is 1.76. The number of unbranched alkanes of at least 4 members (excludes halogenated alkanes) is 2. The standard InChI is InChI=1S/C14H23NO/c1-3-5-6-7-14(16)10-13-9-8-12(4-2)11-15-13/h8-9,11,14,16H,3-7,10H2,1-2H3. The van der Waals surface area contributed by atoms with Crippen LogP contribution in [0.25, 0.3) is 0 Å². The van der Waals surface area contributed by atoms with Gasteiger partial charge < -0.3 is 5.11 Å². The summed E-state index contributed by atoms with van der Waals surface area (Å²) in [5.41, 5.74) is 2.26. The third-order valence-corrected chi connectivity index (χ3v) is 2.88. The first-order valence-corrected chi connectivity index (χ1v) is 6.38. The minimum absolute atomic E-state index is 0.230. The molecule has 1 aromatic rings. The average Bonchev–Trinajstić information content (AvgIpc) is 2.30. The van der Waals surface area contributed by atoms with E-state index in [1.165, 1.54) is 18.4 Å². The molecule has 2 nitrogen and oxygen atoms in total. The summed E-state index contributed by atoms with van der Waals surface area (Å²) >= 11 is 0. The largest absolute Gasteiger partial charge is 0.393 e. The second kappa shape index (κ2) is 7.39. The Kier molecular flexibility index (Phi) is 6.09. The van der Waals surface area contributed by atoms with Crippen LogP contribution in [0.5, 0.6) is 0 Å². The number of hydrogen-bond donors (Lipinski definition) is 1. The van der Waals surface area contributed by atoms with Gasteiger partial charge in [0.1, 0.15) is 0 Å². The van der Waals surface area contributed by atoms with Gasteiger partial charge in [0.25, 0.3) is 0 Å². The number of aromatic nitrogens is 1.